The lowest BCUT2D eigenvalue weighted by atomic mass is 9.42. The molecule has 2 aliphatic carbocycles. The van der Waals surface area contributed by atoms with E-state index in [1.165, 1.54) is 13.8 Å². The van der Waals surface area contributed by atoms with Crippen molar-refractivity contribution in [1.29, 1.82) is 0 Å². The predicted molar refractivity (Wildman–Crippen MR) is 161 cm³/mol. The van der Waals surface area contributed by atoms with E-state index < -0.39 is 64.2 Å². The number of ether oxygens (including phenoxy) is 4. The summed E-state index contributed by atoms with van der Waals surface area (Å²) in [6.07, 6.45) is 1.71. The van der Waals surface area contributed by atoms with Gasteiger partial charge in [-0.1, -0.05) is 27.7 Å². The molecule has 5 rings (SSSR count). The number of carbonyl (C=O) groups is 3. The third kappa shape index (κ3) is 5.75. The minimum atomic E-state index is -1.35. The first-order valence-electron chi connectivity index (χ1n) is 15.6. The Labute approximate surface area is 262 Å². The summed E-state index contributed by atoms with van der Waals surface area (Å²) in [5.41, 5.74) is -3.11. The molecule has 2 aromatic heterocycles. The van der Waals surface area contributed by atoms with Gasteiger partial charge < -0.3 is 28.5 Å². The quantitative estimate of drug-likeness (QED) is 0.334. The maximum atomic E-state index is 13.5. The second-order valence-corrected chi connectivity index (χ2v) is 13.9. The maximum Gasteiger partial charge on any atom is 0.345 e. The van der Waals surface area contributed by atoms with Crippen LogP contribution in [0.2, 0.25) is 0 Å². The van der Waals surface area contributed by atoms with Gasteiger partial charge in [-0.05, 0) is 55.6 Å². The zero-order chi connectivity index (χ0) is 32.9. The van der Waals surface area contributed by atoms with Crippen LogP contribution in [0.25, 0.3) is 11.3 Å². The molecule has 3 aliphatic rings. The fraction of sp³-hybridized carbons (Fsp3) is 0.618. The second-order valence-electron chi connectivity index (χ2n) is 13.9. The Bertz CT molecular complexity index is 1520. The van der Waals surface area contributed by atoms with Crippen LogP contribution in [-0.2, 0) is 28.6 Å². The van der Waals surface area contributed by atoms with Crippen LogP contribution >= 0.6 is 0 Å². The number of rotatable bonds is 7. The van der Waals surface area contributed by atoms with E-state index in [2.05, 4.69) is 4.98 Å². The molecule has 11 heteroatoms. The SMILES string of the molecule is CC(=O)OC[C@@]1(C)C2C[C@H](OC(=O)CC(C)C)[C@@]3(C)Oc4cc(-c5cccnc5)oc(=O)c4[C@H](O)C3[C@@]2(C)CC[C@@H]1OC(C)=O. The second kappa shape index (κ2) is 11.9. The zero-order valence-electron chi connectivity index (χ0n) is 27.0. The van der Waals surface area contributed by atoms with Gasteiger partial charge in [-0.3, -0.25) is 19.4 Å². The van der Waals surface area contributed by atoms with Crippen LogP contribution in [0.5, 0.6) is 5.75 Å². The number of esters is 3. The summed E-state index contributed by atoms with van der Waals surface area (Å²) < 4.78 is 30.0. The minimum Gasteiger partial charge on any atom is -0.482 e. The van der Waals surface area contributed by atoms with E-state index in [0.29, 0.717) is 18.4 Å². The summed E-state index contributed by atoms with van der Waals surface area (Å²) in [7, 11) is 0. The normalized spacial score (nSPS) is 33.6. The molecule has 0 amide bonds. The Kier molecular flexibility index (Phi) is 8.63. The van der Waals surface area contributed by atoms with Crippen molar-refractivity contribution in [3.05, 3.63) is 46.6 Å². The molecule has 0 bridgehead atoms. The van der Waals surface area contributed by atoms with E-state index in [-0.39, 0.29) is 48.4 Å². The van der Waals surface area contributed by atoms with Gasteiger partial charge in [0, 0.05) is 55.6 Å². The number of carbonyl (C=O) groups excluding carboxylic acids is 3. The van der Waals surface area contributed by atoms with Crippen molar-refractivity contribution in [3.8, 4) is 17.1 Å². The van der Waals surface area contributed by atoms with Gasteiger partial charge in [0.1, 0.15) is 41.5 Å². The van der Waals surface area contributed by atoms with Gasteiger partial charge in [0.2, 0.25) is 0 Å². The molecule has 0 spiro atoms. The monoisotopic (exact) mass is 625 g/mol. The molecule has 0 saturated heterocycles. The van der Waals surface area contributed by atoms with Crippen LogP contribution in [0.4, 0.5) is 0 Å². The molecule has 0 radical (unpaired) electrons. The Balaban J connectivity index is 1.67. The average Bonchev–Trinajstić information content (AvgIpc) is 2.94. The van der Waals surface area contributed by atoms with E-state index in [9.17, 15) is 24.3 Å². The van der Waals surface area contributed by atoms with Crippen LogP contribution in [0.15, 0.2) is 39.8 Å². The van der Waals surface area contributed by atoms with Gasteiger partial charge in [-0.2, -0.15) is 0 Å². The summed E-state index contributed by atoms with van der Waals surface area (Å²) in [6.45, 7) is 12.2. The molecule has 1 N–H and O–H groups in total. The topological polar surface area (TPSA) is 151 Å². The predicted octanol–water partition coefficient (Wildman–Crippen LogP) is 4.78. The first-order valence-corrected chi connectivity index (χ1v) is 15.6. The fourth-order valence-corrected chi connectivity index (χ4v) is 8.38. The molecule has 2 aromatic rings. The molecular formula is C34H43NO10. The third-order valence-electron chi connectivity index (χ3n) is 10.3. The van der Waals surface area contributed by atoms with E-state index >= 15 is 0 Å². The summed E-state index contributed by atoms with van der Waals surface area (Å²) in [4.78, 5) is 55.1. The number of hydrogen-bond acceptors (Lipinski definition) is 11. The lowest BCUT2D eigenvalue weighted by Crippen LogP contribution is -2.71. The Hall–Kier alpha value is -3.73. The van der Waals surface area contributed by atoms with Crippen LogP contribution in [0.1, 0.15) is 85.8 Å². The summed E-state index contributed by atoms with van der Waals surface area (Å²) in [5, 5.41) is 12.2. The number of pyridine rings is 1. The minimum absolute atomic E-state index is 0.0111. The highest BCUT2D eigenvalue weighted by molar-refractivity contribution is 5.70. The Morgan fingerprint density at radius 1 is 1.11 bits per heavy atom. The Morgan fingerprint density at radius 3 is 2.47 bits per heavy atom. The number of fused-ring (bicyclic) bond motifs is 4. The molecule has 2 fully saturated rings. The van der Waals surface area contributed by atoms with Crippen LogP contribution < -0.4 is 10.4 Å². The number of hydrogen-bond donors (Lipinski definition) is 1. The summed E-state index contributed by atoms with van der Waals surface area (Å²) >= 11 is 0. The molecule has 2 saturated carbocycles. The fourth-order valence-electron chi connectivity index (χ4n) is 8.38. The smallest absolute Gasteiger partial charge is 0.345 e. The number of aliphatic hydroxyl groups excluding tert-OH is 1. The molecule has 8 atom stereocenters. The van der Waals surface area contributed by atoms with Gasteiger partial charge in [0.25, 0.3) is 0 Å². The van der Waals surface area contributed by atoms with E-state index in [1.807, 2.05) is 34.6 Å². The molecular weight excluding hydrogens is 582 g/mol. The van der Waals surface area contributed by atoms with Crippen molar-refractivity contribution in [2.45, 2.75) is 98.1 Å². The molecule has 244 valence electrons. The van der Waals surface area contributed by atoms with Crippen molar-refractivity contribution in [3.63, 3.8) is 0 Å². The summed E-state index contributed by atoms with van der Waals surface area (Å²) in [6, 6.07) is 5.03. The van der Waals surface area contributed by atoms with Crippen molar-refractivity contribution >= 4 is 17.9 Å². The largest absolute Gasteiger partial charge is 0.482 e. The van der Waals surface area contributed by atoms with Crippen LogP contribution in [0, 0.1) is 28.6 Å². The van der Waals surface area contributed by atoms with E-state index in [4.69, 9.17) is 23.4 Å². The van der Waals surface area contributed by atoms with Gasteiger partial charge in [-0.15, -0.1) is 0 Å². The van der Waals surface area contributed by atoms with Crippen LogP contribution in [-0.4, -0.2) is 52.4 Å². The number of aliphatic hydroxyl groups is 1. The Morgan fingerprint density at radius 2 is 1.84 bits per heavy atom. The zero-order valence-corrected chi connectivity index (χ0v) is 27.0. The maximum absolute atomic E-state index is 13.5. The highest BCUT2D eigenvalue weighted by atomic mass is 16.6. The number of nitrogens with zero attached hydrogens (tertiary/aromatic N) is 1. The highest BCUT2D eigenvalue weighted by Crippen LogP contribution is 2.67. The third-order valence-corrected chi connectivity index (χ3v) is 10.3. The molecule has 0 aromatic carbocycles. The standard InChI is InChI=1S/C34H43NO10/c1-18(2)13-27(38)44-26-15-24-32(5,11-10-25(42-20(4)37)33(24,6)17-41-19(3)36)30-29(39)28-23(45-34(26,30)7)14-22(43-31(28)40)21-9-8-12-35-16-21/h8-9,12,14,16,18,24-26,29-30,39H,10-11,13,15,17H2,1-7H3/t24?,25-,26-,29-,30?,32-,33-,34+/m0/s1. The molecule has 1 aliphatic heterocycles. The van der Waals surface area contributed by atoms with Gasteiger partial charge in [0.05, 0.1) is 6.10 Å². The molecule has 2 unspecified atom stereocenters. The molecule has 3 heterocycles. The average molecular weight is 626 g/mol. The van der Waals surface area contributed by atoms with Crippen molar-refractivity contribution < 1.29 is 42.9 Å². The molecule has 11 nitrogen and oxygen atoms in total. The lowest BCUT2D eigenvalue weighted by molar-refractivity contribution is -0.271. The lowest BCUT2D eigenvalue weighted by Gasteiger charge is -2.66. The number of aromatic nitrogens is 1. The first-order chi connectivity index (χ1) is 21.1. The van der Waals surface area contributed by atoms with E-state index in [0.717, 1.165) is 0 Å². The van der Waals surface area contributed by atoms with Crippen molar-refractivity contribution in [1.82, 2.24) is 4.98 Å². The highest BCUT2D eigenvalue weighted by Gasteiger charge is 2.71. The van der Waals surface area contributed by atoms with Crippen molar-refractivity contribution in [2.24, 2.45) is 28.6 Å². The van der Waals surface area contributed by atoms with Crippen LogP contribution in [0.3, 0.4) is 0 Å². The first kappa shape index (κ1) is 32.7. The van der Waals surface area contributed by atoms with Gasteiger partial charge in [0.15, 0.2) is 0 Å². The van der Waals surface area contributed by atoms with Gasteiger partial charge in [-0.25, -0.2) is 4.79 Å². The summed E-state index contributed by atoms with van der Waals surface area (Å²) in [5.74, 6) is -2.09. The van der Waals surface area contributed by atoms with Crippen molar-refractivity contribution in [2.75, 3.05) is 6.61 Å². The van der Waals surface area contributed by atoms with E-state index in [1.54, 1.807) is 30.6 Å². The molecule has 45 heavy (non-hydrogen) atoms. The van der Waals surface area contributed by atoms with Gasteiger partial charge >= 0.3 is 23.5 Å².